The maximum absolute atomic E-state index is 14.3. The Morgan fingerprint density at radius 3 is 1.34 bits per heavy atom. The van der Waals surface area contributed by atoms with Crippen LogP contribution in [-0.4, -0.2) is 5.11 Å². The number of rotatable bonds is 5. The molecule has 4 rings (SSSR count). The van der Waals surface area contributed by atoms with Gasteiger partial charge >= 0.3 is 0 Å². The van der Waals surface area contributed by atoms with Crippen LogP contribution < -0.4 is 15.9 Å². The van der Waals surface area contributed by atoms with Gasteiger partial charge < -0.3 is 9.67 Å². The van der Waals surface area contributed by atoms with Gasteiger partial charge in [0.2, 0.25) is 0 Å². The molecule has 1 N–H and O–H groups in total. The first kappa shape index (κ1) is 18.9. The molecule has 0 aliphatic heterocycles. The molecule has 0 spiro atoms. The molecule has 0 aromatic heterocycles. The third-order valence-electron chi connectivity index (χ3n) is 4.58. The Labute approximate surface area is 169 Å². The molecule has 0 heterocycles. The van der Waals surface area contributed by atoms with E-state index >= 15 is 0 Å². The molecule has 4 nitrogen and oxygen atoms in total. The third-order valence-corrected chi connectivity index (χ3v) is 7.66. The Morgan fingerprint density at radius 2 is 0.897 bits per heavy atom. The average Bonchev–Trinajstić information content (AvgIpc) is 2.80. The second-order valence-electron chi connectivity index (χ2n) is 6.51. The van der Waals surface area contributed by atoms with Crippen molar-refractivity contribution in [3.8, 4) is 5.75 Å². The third kappa shape index (κ3) is 4.03. The van der Waals surface area contributed by atoms with Crippen LogP contribution in [0.1, 0.15) is 0 Å². The zero-order chi connectivity index (χ0) is 20.1. The lowest BCUT2D eigenvalue weighted by Crippen LogP contribution is -2.24. The lowest BCUT2D eigenvalue weighted by molar-refractivity contribution is 0.475. The summed E-state index contributed by atoms with van der Waals surface area (Å²) in [7, 11) is -2.98. The van der Waals surface area contributed by atoms with Gasteiger partial charge in [-0.15, -0.1) is 0 Å². The van der Waals surface area contributed by atoms with Gasteiger partial charge in [0.25, 0.3) is 0 Å². The molecule has 0 saturated heterocycles. The standard InChI is InChI=1S/C24H19N2O2P/c27-21-15-11-19(12-16-21)25-26-20-13-17-24(18-14-20)29(28,22-7-3-1-4-8-22)23-9-5-2-6-10-23/h1-18,27H. The smallest absolute Gasteiger partial charge is 0.171 e. The van der Waals surface area contributed by atoms with Gasteiger partial charge in [0, 0.05) is 15.9 Å². The number of hydrogen-bond donors (Lipinski definition) is 1. The van der Waals surface area contributed by atoms with Crippen molar-refractivity contribution < 1.29 is 9.67 Å². The van der Waals surface area contributed by atoms with Gasteiger partial charge in [-0.25, -0.2) is 0 Å². The van der Waals surface area contributed by atoms with E-state index in [-0.39, 0.29) is 5.75 Å². The summed E-state index contributed by atoms with van der Waals surface area (Å²) in [6, 6.07) is 33.0. The number of phenolic OH excluding ortho intramolecular Hbond substituents is 1. The van der Waals surface area contributed by atoms with Crippen LogP contribution in [0.3, 0.4) is 0 Å². The number of nitrogens with zero attached hydrogens (tertiary/aromatic N) is 2. The summed E-state index contributed by atoms with van der Waals surface area (Å²) in [6.45, 7) is 0. The summed E-state index contributed by atoms with van der Waals surface area (Å²) < 4.78 is 14.3. The summed E-state index contributed by atoms with van der Waals surface area (Å²) in [5, 5.41) is 20.1. The second kappa shape index (κ2) is 8.26. The highest BCUT2D eigenvalue weighted by Gasteiger charge is 2.29. The highest BCUT2D eigenvalue weighted by Crippen LogP contribution is 2.42. The first-order valence-corrected chi connectivity index (χ1v) is 10.9. The van der Waals surface area contributed by atoms with Crippen molar-refractivity contribution in [2.45, 2.75) is 0 Å². The summed E-state index contributed by atoms with van der Waals surface area (Å²) in [4.78, 5) is 0. The number of benzene rings is 4. The van der Waals surface area contributed by atoms with Crippen LogP contribution in [0.2, 0.25) is 0 Å². The van der Waals surface area contributed by atoms with Gasteiger partial charge in [-0.05, 0) is 48.5 Å². The predicted molar refractivity (Wildman–Crippen MR) is 118 cm³/mol. The van der Waals surface area contributed by atoms with Crippen molar-refractivity contribution in [1.29, 1.82) is 0 Å². The normalized spacial score (nSPS) is 11.6. The van der Waals surface area contributed by atoms with Gasteiger partial charge in [0.1, 0.15) is 5.75 Å². The lowest BCUT2D eigenvalue weighted by Gasteiger charge is -2.19. The molecule has 29 heavy (non-hydrogen) atoms. The van der Waals surface area contributed by atoms with E-state index in [0.717, 1.165) is 15.9 Å². The number of hydrogen-bond acceptors (Lipinski definition) is 4. The van der Waals surface area contributed by atoms with Gasteiger partial charge in [-0.1, -0.05) is 60.7 Å². The van der Waals surface area contributed by atoms with Crippen molar-refractivity contribution in [1.82, 2.24) is 0 Å². The maximum Gasteiger partial charge on any atom is 0.171 e. The van der Waals surface area contributed by atoms with Crippen molar-refractivity contribution in [2.75, 3.05) is 0 Å². The van der Waals surface area contributed by atoms with Crippen LogP contribution in [0.15, 0.2) is 119 Å². The quantitative estimate of drug-likeness (QED) is 0.359. The molecule has 5 heteroatoms. The minimum absolute atomic E-state index is 0.186. The zero-order valence-corrected chi connectivity index (χ0v) is 16.5. The zero-order valence-electron chi connectivity index (χ0n) is 15.6. The second-order valence-corrected chi connectivity index (χ2v) is 9.28. The average molecular weight is 398 g/mol. The molecular formula is C24H19N2O2P. The summed E-state index contributed by atoms with van der Waals surface area (Å²) in [5.41, 5.74) is 1.31. The molecule has 4 aromatic rings. The van der Waals surface area contributed by atoms with Crippen LogP contribution >= 0.6 is 7.14 Å². The van der Waals surface area contributed by atoms with Crippen molar-refractivity contribution in [3.05, 3.63) is 109 Å². The minimum atomic E-state index is -2.98. The molecule has 4 aromatic carbocycles. The summed E-state index contributed by atoms with van der Waals surface area (Å²) in [6.07, 6.45) is 0. The SMILES string of the molecule is O=P(c1ccccc1)(c1ccccc1)c1ccc(N=Nc2ccc(O)cc2)cc1. The van der Waals surface area contributed by atoms with Crippen LogP contribution in [0.25, 0.3) is 0 Å². The van der Waals surface area contributed by atoms with E-state index < -0.39 is 7.14 Å². The molecule has 0 fully saturated rings. The molecule has 142 valence electrons. The molecule has 0 atom stereocenters. The predicted octanol–water partition coefficient (Wildman–Crippen LogP) is 5.45. The minimum Gasteiger partial charge on any atom is -0.508 e. The Bertz CT molecular complexity index is 1110. The highest BCUT2D eigenvalue weighted by molar-refractivity contribution is 7.85. The van der Waals surface area contributed by atoms with E-state index in [1.165, 1.54) is 0 Å². The Balaban J connectivity index is 1.69. The van der Waals surface area contributed by atoms with Crippen LogP contribution in [-0.2, 0) is 4.57 Å². The van der Waals surface area contributed by atoms with Gasteiger partial charge in [-0.3, -0.25) is 0 Å². The molecule has 0 amide bonds. The Hall–Kier alpha value is -3.49. The van der Waals surface area contributed by atoms with E-state index in [9.17, 15) is 9.67 Å². The number of azo groups is 1. The molecular weight excluding hydrogens is 379 g/mol. The van der Waals surface area contributed by atoms with Crippen LogP contribution in [0, 0.1) is 0 Å². The van der Waals surface area contributed by atoms with Crippen molar-refractivity contribution in [3.63, 3.8) is 0 Å². The van der Waals surface area contributed by atoms with E-state index in [1.807, 2.05) is 84.9 Å². The molecule has 0 bridgehead atoms. The fourth-order valence-corrected chi connectivity index (χ4v) is 5.73. The molecule has 0 saturated carbocycles. The van der Waals surface area contributed by atoms with Crippen molar-refractivity contribution >= 4 is 34.4 Å². The molecule has 0 aliphatic carbocycles. The van der Waals surface area contributed by atoms with Gasteiger partial charge in [0.15, 0.2) is 7.14 Å². The van der Waals surface area contributed by atoms with Crippen molar-refractivity contribution in [2.24, 2.45) is 10.2 Å². The van der Waals surface area contributed by atoms with Crippen LogP contribution in [0.5, 0.6) is 5.75 Å². The number of aromatic hydroxyl groups is 1. The Morgan fingerprint density at radius 1 is 0.517 bits per heavy atom. The topological polar surface area (TPSA) is 62.0 Å². The Kier molecular flexibility index (Phi) is 5.37. The summed E-state index contributed by atoms with van der Waals surface area (Å²) >= 11 is 0. The fraction of sp³-hybridized carbons (Fsp3) is 0. The number of phenols is 1. The summed E-state index contributed by atoms with van der Waals surface area (Å²) in [5.74, 6) is 0.186. The first-order valence-electron chi connectivity index (χ1n) is 9.19. The van der Waals surface area contributed by atoms with Gasteiger partial charge in [0.05, 0.1) is 11.4 Å². The molecule has 0 aliphatic rings. The lowest BCUT2D eigenvalue weighted by atomic mass is 10.3. The van der Waals surface area contributed by atoms with E-state index in [2.05, 4.69) is 10.2 Å². The largest absolute Gasteiger partial charge is 0.508 e. The van der Waals surface area contributed by atoms with E-state index in [0.29, 0.717) is 11.4 Å². The maximum atomic E-state index is 14.3. The first-order chi connectivity index (χ1) is 14.2. The van der Waals surface area contributed by atoms with E-state index in [4.69, 9.17) is 0 Å². The van der Waals surface area contributed by atoms with Crippen LogP contribution in [0.4, 0.5) is 11.4 Å². The monoisotopic (exact) mass is 398 g/mol. The fourth-order valence-electron chi connectivity index (χ4n) is 3.09. The molecule has 0 radical (unpaired) electrons. The molecule has 0 unspecified atom stereocenters. The van der Waals surface area contributed by atoms with E-state index in [1.54, 1.807) is 24.3 Å². The highest BCUT2D eigenvalue weighted by atomic mass is 31.2. The van der Waals surface area contributed by atoms with Gasteiger partial charge in [-0.2, -0.15) is 10.2 Å².